The molecule has 0 saturated heterocycles. The van der Waals surface area contributed by atoms with Crippen molar-refractivity contribution in [3.05, 3.63) is 54.1 Å². The van der Waals surface area contributed by atoms with Crippen LogP contribution in [0, 0.1) is 0 Å². The molecule has 126 valence electrons. The first-order valence-electron chi connectivity index (χ1n) is 7.69. The van der Waals surface area contributed by atoms with Gasteiger partial charge in [-0.25, -0.2) is 0 Å². The van der Waals surface area contributed by atoms with Gasteiger partial charge in [0.25, 0.3) is 0 Å². The van der Waals surface area contributed by atoms with Crippen LogP contribution in [0.25, 0.3) is 0 Å². The molecule has 24 heavy (non-hydrogen) atoms. The Hall–Kier alpha value is -2.60. The van der Waals surface area contributed by atoms with Crippen LogP contribution in [0.5, 0.6) is 5.75 Å². The lowest BCUT2D eigenvalue weighted by Crippen LogP contribution is -2.23. The molecule has 0 fully saturated rings. The van der Waals surface area contributed by atoms with E-state index in [0.717, 1.165) is 22.7 Å². The normalized spacial score (nSPS) is 10.5. The predicted octanol–water partition coefficient (Wildman–Crippen LogP) is 3.47. The van der Waals surface area contributed by atoms with Gasteiger partial charge in [0.2, 0.25) is 0 Å². The first-order chi connectivity index (χ1) is 11.6. The molecule has 0 amide bonds. The molecule has 0 saturated carbocycles. The fourth-order valence-electron chi connectivity index (χ4n) is 1.98. The number of benzene rings is 2. The van der Waals surface area contributed by atoms with Gasteiger partial charge in [0.1, 0.15) is 5.75 Å². The molecule has 0 aliphatic rings. The van der Waals surface area contributed by atoms with Crippen LogP contribution in [0.2, 0.25) is 0 Å². The summed E-state index contributed by atoms with van der Waals surface area (Å²) in [4.78, 5) is 2.05. The van der Waals surface area contributed by atoms with E-state index in [4.69, 9.17) is 17.0 Å². The van der Waals surface area contributed by atoms with Gasteiger partial charge in [-0.15, -0.1) is 0 Å². The molecular formula is C18H22N4OS. The Morgan fingerprint density at radius 3 is 2.38 bits per heavy atom. The quantitative estimate of drug-likeness (QED) is 0.478. The molecule has 2 aromatic rings. The molecule has 2 N–H and O–H groups in total. The number of hydrogen-bond acceptors (Lipinski definition) is 4. The number of rotatable bonds is 6. The van der Waals surface area contributed by atoms with Crippen molar-refractivity contribution in [3.8, 4) is 5.75 Å². The van der Waals surface area contributed by atoms with Gasteiger partial charge in [-0.2, -0.15) is 5.10 Å². The Balaban J connectivity index is 1.83. The van der Waals surface area contributed by atoms with Crippen LogP contribution >= 0.6 is 12.2 Å². The van der Waals surface area contributed by atoms with Crippen molar-refractivity contribution in [2.24, 2.45) is 5.10 Å². The lowest BCUT2D eigenvalue weighted by Gasteiger charge is -2.11. The number of anilines is 2. The summed E-state index contributed by atoms with van der Waals surface area (Å²) in [7, 11) is 4.02. The highest BCUT2D eigenvalue weighted by Crippen LogP contribution is 2.15. The zero-order valence-electron chi connectivity index (χ0n) is 14.1. The summed E-state index contributed by atoms with van der Waals surface area (Å²) in [5, 5.41) is 7.64. The predicted molar refractivity (Wildman–Crippen MR) is 105 cm³/mol. The van der Waals surface area contributed by atoms with Crippen molar-refractivity contribution in [2.75, 3.05) is 30.9 Å². The third kappa shape index (κ3) is 5.55. The minimum atomic E-state index is 0.431. The summed E-state index contributed by atoms with van der Waals surface area (Å²) < 4.78 is 5.40. The van der Waals surface area contributed by atoms with Crippen LogP contribution in [-0.2, 0) is 0 Å². The van der Waals surface area contributed by atoms with E-state index in [9.17, 15) is 0 Å². The maximum atomic E-state index is 5.40. The van der Waals surface area contributed by atoms with Crippen LogP contribution in [0.1, 0.15) is 12.5 Å². The van der Waals surface area contributed by atoms with Gasteiger partial charge in [0.15, 0.2) is 5.11 Å². The van der Waals surface area contributed by atoms with Gasteiger partial charge < -0.3 is 15.0 Å². The fourth-order valence-corrected chi connectivity index (χ4v) is 2.15. The lowest BCUT2D eigenvalue weighted by atomic mass is 10.2. The van der Waals surface area contributed by atoms with Crippen LogP contribution in [0.4, 0.5) is 11.4 Å². The van der Waals surface area contributed by atoms with Gasteiger partial charge in [-0.1, -0.05) is 12.1 Å². The third-order valence-corrected chi connectivity index (χ3v) is 3.41. The highest BCUT2D eigenvalue weighted by molar-refractivity contribution is 7.80. The molecule has 5 nitrogen and oxygen atoms in total. The average Bonchev–Trinajstić information content (AvgIpc) is 2.57. The molecule has 0 aliphatic carbocycles. The number of nitrogens with zero attached hydrogens (tertiary/aromatic N) is 2. The van der Waals surface area contributed by atoms with E-state index >= 15 is 0 Å². The average molecular weight is 342 g/mol. The minimum Gasteiger partial charge on any atom is -0.494 e. The second kappa shape index (κ2) is 8.88. The molecule has 0 aromatic heterocycles. The zero-order valence-corrected chi connectivity index (χ0v) is 14.9. The van der Waals surface area contributed by atoms with Gasteiger partial charge in [-0.3, -0.25) is 5.43 Å². The highest BCUT2D eigenvalue weighted by atomic mass is 32.1. The largest absolute Gasteiger partial charge is 0.494 e. The molecule has 6 heteroatoms. The molecule has 0 bridgehead atoms. The molecule has 0 atom stereocenters. The van der Waals surface area contributed by atoms with Crippen LogP contribution in [0.3, 0.4) is 0 Å². The summed E-state index contributed by atoms with van der Waals surface area (Å²) in [6.07, 6.45) is 1.73. The van der Waals surface area contributed by atoms with Gasteiger partial charge in [0, 0.05) is 25.5 Å². The molecule has 2 aromatic carbocycles. The number of thiocarbonyl (C=S) groups is 1. The van der Waals surface area contributed by atoms with Crippen LogP contribution in [0.15, 0.2) is 53.6 Å². The van der Waals surface area contributed by atoms with E-state index in [2.05, 4.69) is 20.7 Å². The van der Waals surface area contributed by atoms with Crippen molar-refractivity contribution in [1.29, 1.82) is 0 Å². The van der Waals surface area contributed by atoms with Crippen molar-refractivity contribution >= 4 is 34.9 Å². The summed E-state index contributed by atoms with van der Waals surface area (Å²) >= 11 is 5.22. The fraction of sp³-hybridized carbons (Fsp3) is 0.222. The van der Waals surface area contributed by atoms with Crippen molar-refractivity contribution < 1.29 is 4.74 Å². The number of nitrogens with one attached hydrogen (secondary N) is 2. The second-order valence-corrected chi connectivity index (χ2v) is 5.68. The summed E-state index contributed by atoms with van der Waals surface area (Å²) in [6, 6.07) is 15.7. The smallest absolute Gasteiger partial charge is 0.191 e. The molecule has 0 radical (unpaired) electrons. The summed E-state index contributed by atoms with van der Waals surface area (Å²) in [6.45, 7) is 2.61. The first-order valence-corrected chi connectivity index (χ1v) is 8.09. The highest BCUT2D eigenvalue weighted by Gasteiger charge is 1.98. The molecule has 0 spiro atoms. The monoisotopic (exact) mass is 342 g/mol. The molecule has 2 rings (SSSR count). The topological polar surface area (TPSA) is 48.9 Å². The van der Waals surface area contributed by atoms with E-state index in [1.54, 1.807) is 6.21 Å². The van der Waals surface area contributed by atoms with Crippen molar-refractivity contribution in [1.82, 2.24) is 5.43 Å². The summed E-state index contributed by atoms with van der Waals surface area (Å²) in [5.74, 6) is 0.834. The Morgan fingerprint density at radius 2 is 1.79 bits per heavy atom. The Bertz CT molecular complexity index is 681. The Morgan fingerprint density at radius 1 is 1.12 bits per heavy atom. The lowest BCUT2D eigenvalue weighted by molar-refractivity contribution is 0.340. The molecule has 0 heterocycles. The van der Waals surface area contributed by atoms with Crippen LogP contribution in [-0.4, -0.2) is 32.0 Å². The number of hydrazone groups is 1. The van der Waals surface area contributed by atoms with Crippen molar-refractivity contribution in [2.45, 2.75) is 6.92 Å². The van der Waals surface area contributed by atoms with Crippen molar-refractivity contribution in [3.63, 3.8) is 0 Å². The maximum absolute atomic E-state index is 5.40. The first kappa shape index (κ1) is 17.7. The third-order valence-electron chi connectivity index (χ3n) is 3.21. The van der Waals surface area contributed by atoms with Gasteiger partial charge in [0.05, 0.1) is 12.8 Å². The van der Waals surface area contributed by atoms with E-state index in [1.165, 1.54) is 0 Å². The van der Waals surface area contributed by atoms with E-state index in [1.807, 2.05) is 69.6 Å². The SMILES string of the molecule is CCOc1ccc(NC(=S)N/N=C\c2ccc(N(C)C)cc2)cc1. The van der Waals surface area contributed by atoms with E-state index in [-0.39, 0.29) is 0 Å². The van der Waals surface area contributed by atoms with Gasteiger partial charge in [-0.05, 0) is 61.1 Å². The van der Waals surface area contributed by atoms with Crippen LogP contribution < -0.4 is 20.4 Å². The maximum Gasteiger partial charge on any atom is 0.191 e. The standard InChI is InChI=1S/C18H22N4OS/c1-4-23-17-11-7-15(8-12-17)20-18(24)21-19-13-14-5-9-16(10-6-14)22(2)3/h5-13H,4H2,1-3H3,(H2,20,21,24)/b19-13-. The minimum absolute atomic E-state index is 0.431. The van der Waals surface area contributed by atoms with E-state index < -0.39 is 0 Å². The summed E-state index contributed by atoms with van der Waals surface area (Å²) in [5.41, 5.74) is 5.82. The molecule has 0 unspecified atom stereocenters. The van der Waals surface area contributed by atoms with E-state index in [0.29, 0.717) is 11.7 Å². The van der Waals surface area contributed by atoms with Gasteiger partial charge >= 0.3 is 0 Å². The Kier molecular flexibility index (Phi) is 6.57. The Labute approximate surface area is 148 Å². The number of ether oxygens (including phenoxy) is 1. The number of hydrogen-bond donors (Lipinski definition) is 2. The molecule has 0 aliphatic heterocycles. The zero-order chi connectivity index (χ0) is 17.4. The molecular weight excluding hydrogens is 320 g/mol. The second-order valence-electron chi connectivity index (χ2n) is 5.27.